The Kier molecular flexibility index (Phi) is 4.70. The summed E-state index contributed by atoms with van der Waals surface area (Å²) in [6.45, 7) is -0.0802. The third kappa shape index (κ3) is 3.47. The Balaban J connectivity index is 1.84. The van der Waals surface area contributed by atoms with Crippen molar-refractivity contribution in [1.29, 1.82) is 0 Å². The van der Waals surface area contributed by atoms with Gasteiger partial charge in [-0.15, -0.1) is 0 Å². The SMILES string of the molecule is COc1cccc(NC(=O)Cn2ccc3c(OC)cccc3c2=O)c1. The molecule has 3 aromatic rings. The molecular formula is C19H18N2O4. The van der Waals surface area contributed by atoms with Crippen LogP contribution in [0.25, 0.3) is 10.8 Å². The average Bonchev–Trinajstić information content (AvgIpc) is 2.63. The van der Waals surface area contributed by atoms with Gasteiger partial charge in [0.1, 0.15) is 18.0 Å². The van der Waals surface area contributed by atoms with Crippen LogP contribution in [0, 0.1) is 0 Å². The van der Waals surface area contributed by atoms with E-state index in [1.54, 1.807) is 68.9 Å². The number of amides is 1. The highest BCUT2D eigenvalue weighted by atomic mass is 16.5. The van der Waals surface area contributed by atoms with Crippen LogP contribution in [-0.4, -0.2) is 24.7 Å². The van der Waals surface area contributed by atoms with Gasteiger partial charge in [-0.25, -0.2) is 0 Å². The highest BCUT2D eigenvalue weighted by Gasteiger charge is 2.10. The van der Waals surface area contributed by atoms with E-state index in [0.29, 0.717) is 22.6 Å². The van der Waals surface area contributed by atoms with E-state index in [-0.39, 0.29) is 18.0 Å². The number of benzene rings is 2. The zero-order chi connectivity index (χ0) is 17.8. The van der Waals surface area contributed by atoms with Gasteiger partial charge in [-0.1, -0.05) is 12.1 Å². The van der Waals surface area contributed by atoms with E-state index in [1.807, 2.05) is 0 Å². The number of hydrogen-bond donors (Lipinski definition) is 1. The Morgan fingerprint density at radius 3 is 2.60 bits per heavy atom. The molecule has 0 atom stereocenters. The summed E-state index contributed by atoms with van der Waals surface area (Å²) in [5.41, 5.74) is 0.372. The molecule has 0 saturated carbocycles. The maximum absolute atomic E-state index is 12.6. The molecule has 1 aromatic heterocycles. The van der Waals surface area contributed by atoms with Gasteiger partial charge in [0.2, 0.25) is 5.91 Å². The monoisotopic (exact) mass is 338 g/mol. The molecule has 6 nitrogen and oxygen atoms in total. The van der Waals surface area contributed by atoms with Crippen molar-refractivity contribution in [2.75, 3.05) is 19.5 Å². The van der Waals surface area contributed by atoms with Gasteiger partial charge in [-0.3, -0.25) is 9.59 Å². The highest BCUT2D eigenvalue weighted by molar-refractivity contribution is 5.91. The van der Waals surface area contributed by atoms with Gasteiger partial charge in [0.15, 0.2) is 0 Å². The van der Waals surface area contributed by atoms with Gasteiger partial charge in [-0.2, -0.15) is 0 Å². The zero-order valence-corrected chi connectivity index (χ0v) is 14.0. The second kappa shape index (κ2) is 7.09. The van der Waals surface area contributed by atoms with Crippen molar-refractivity contribution >= 4 is 22.4 Å². The number of anilines is 1. The first-order chi connectivity index (χ1) is 12.1. The van der Waals surface area contributed by atoms with Gasteiger partial charge in [0.25, 0.3) is 5.56 Å². The fourth-order valence-corrected chi connectivity index (χ4v) is 2.65. The highest BCUT2D eigenvalue weighted by Crippen LogP contribution is 2.22. The second-order valence-corrected chi connectivity index (χ2v) is 5.45. The summed E-state index contributed by atoms with van der Waals surface area (Å²) in [7, 11) is 3.12. The van der Waals surface area contributed by atoms with Crippen LogP contribution in [0.15, 0.2) is 59.5 Å². The van der Waals surface area contributed by atoms with Gasteiger partial charge >= 0.3 is 0 Å². The normalized spacial score (nSPS) is 10.5. The number of methoxy groups -OCH3 is 2. The van der Waals surface area contributed by atoms with E-state index in [1.165, 1.54) is 4.57 Å². The lowest BCUT2D eigenvalue weighted by Gasteiger charge is -2.10. The molecule has 0 bridgehead atoms. The third-order valence-electron chi connectivity index (χ3n) is 3.87. The van der Waals surface area contributed by atoms with Crippen molar-refractivity contribution in [3.8, 4) is 11.5 Å². The lowest BCUT2D eigenvalue weighted by Crippen LogP contribution is -2.27. The largest absolute Gasteiger partial charge is 0.497 e. The number of pyridine rings is 1. The summed E-state index contributed by atoms with van der Waals surface area (Å²) in [5.74, 6) is 0.980. The number of rotatable bonds is 5. The van der Waals surface area contributed by atoms with Crippen molar-refractivity contribution in [2.24, 2.45) is 0 Å². The predicted octanol–water partition coefficient (Wildman–Crippen LogP) is 2.66. The molecule has 1 N–H and O–H groups in total. The molecule has 128 valence electrons. The van der Waals surface area contributed by atoms with Crippen molar-refractivity contribution in [1.82, 2.24) is 4.57 Å². The molecule has 0 saturated heterocycles. The standard InChI is InChI=1S/C19H18N2O4/c1-24-14-6-3-5-13(11-14)20-18(22)12-21-10-9-15-16(19(21)23)7-4-8-17(15)25-2/h3-11H,12H2,1-2H3,(H,20,22). The van der Waals surface area contributed by atoms with Crippen LogP contribution < -0.4 is 20.3 Å². The van der Waals surface area contributed by atoms with E-state index >= 15 is 0 Å². The van der Waals surface area contributed by atoms with Crippen LogP contribution in [0.2, 0.25) is 0 Å². The first-order valence-corrected chi connectivity index (χ1v) is 7.72. The smallest absolute Gasteiger partial charge is 0.259 e. The number of ether oxygens (including phenoxy) is 2. The molecule has 0 unspecified atom stereocenters. The first-order valence-electron chi connectivity index (χ1n) is 7.72. The molecule has 1 amide bonds. The number of carbonyl (C=O) groups is 1. The second-order valence-electron chi connectivity index (χ2n) is 5.45. The molecule has 0 aliphatic heterocycles. The number of hydrogen-bond acceptors (Lipinski definition) is 4. The van der Waals surface area contributed by atoms with E-state index in [2.05, 4.69) is 5.32 Å². The van der Waals surface area contributed by atoms with Gasteiger partial charge in [-0.05, 0) is 30.3 Å². The van der Waals surface area contributed by atoms with E-state index < -0.39 is 0 Å². The number of nitrogens with one attached hydrogen (secondary N) is 1. The Hall–Kier alpha value is -3.28. The quantitative estimate of drug-likeness (QED) is 0.776. The number of fused-ring (bicyclic) bond motifs is 1. The van der Waals surface area contributed by atoms with Crippen LogP contribution in [0.5, 0.6) is 11.5 Å². The Morgan fingerprint density at radius 2 is 1.84 bits per heavy atom. The van der Waals surface area contributed by atoms with E-state index in [9.17, 15) is 9.59 Å². The molecule has 0 aliphatic rings. The molecular weight excluding hydrogens is 320 g/mol. The zero-order valence-electron chi connectivity index (χ0n) is 14.0. The van der Waals surface area contributed by atoms with E-state index in [4.69, 9.17) is 9.47 Å². The fourth-order valence-electron chi connectivity index (χ4n) is 2.65. The maximum Gasteiger partial charge on any atom is 0.259 e. The summed E-state index contributed by atoms with van der Waals surface area (Å²) in [5, 5.41) is 3.99. The van der Waals surface area contributed by atoms with Crippen molar-refractivity contribution in [2.45, 2.75) is 6.54 Å². The molecule has 2 aromatic carbocycles. The van der Waals surface area contributed by atoms with Crippen molar-refractivity contribution in [3.63, 3.8) is 0 Å². The number of aromatic nitrogens is 1. The lowest BCUT2D eigenvalue weighted by atomic mass is 10.1. The maximum atomic E-state index is 12.6. The first kappa shape index (κ1) is 16.6. The summed E-state index contributed by atoms with van der Waals surface area (Å²) in [6.07, 6.45) is 1.60. The Morgan fingerprint density at radius 1 is 1.04 bits per heavy atom. The lowest BCUT2D eigenvalue weighted by molar-refractivity contribution is -0.116. The molecule has 6 heteroatoms. The average molecular weight is 338 g/mol. The minimum absolute atomic E-state index is 0.0802. The molecule has 1 heterocycles. The summed E-state index contributed by atoms with van der Waals surface area (Å²) in [4.78, 5) is 24.8. The van der Waals surface area contributed by atoms with Crippen LogP contribution in [0.4, 0.5) is 5.69 Å². The van der Waals surface area contributed by atoms with Crippen molar-refractivity contribution in [3.05, 3.63) is 65.1 Å². The van der Waals surface area contributed by atoms with Crippen LogP contribution in [-0.2, 0) is 11.3 Å². The van der Waals surface area contributed by atoms with Crippen LogP contribution in [0.1, 0.15) is 0 Å². The van der Waals surface area contributed by atoms with Gasteiger partial charge in [0, 0.05) is 23.3 Å². The van der Waals surface area contributed by atoms with Gasteiger partial charge in [0.05, 0.1) is 19.6 Å². The minimum Gasteiger partial charge on any atom is -0.497 e. The number of carbonyl (C=O) groups excluding carboxylic acids is 1. The molecule has 0 aliphatic carbocycles. The summed E-state index contributed by atoms with van der Waals surface area (Å²) < 4.78 is 11.8. The topological polar surface area (TPSA) is 69.6 Å². The van der Waals surface area contributed by atoms with Crippen LogP contribution >= 0.6 is 0 Å². The molecule has 0 fully saturated rings. The molecule has 3 rings (SSSR count). The molecule has 25 heavy (non-hydrogen) atoms. The number of nitrogens with zero attached hydrogens (tertiary/aromatic N) is 1. The summed E-state index contributed by atoms with van der Waals surface area (Å²) >= 11 is 0. The molecule has 0 radical (unpaired) electrons. The Bertz CT molecular complexity index is 979. The van der Waals surface area contributed by atoms with Gasteiger partial charge < -0.3 is 19.4 Å². The minimum atomic E-state index is -0.294. The molecule has 0 spiro atoms. The fraction of sp³-hybridized carbons (Fsp3) is 0.158. The van der Waals surface area contributed by atoms with Crippen LogP contribution in [0.3, 0.4) is 0 Å². The Labute approximate surface area is 144 Å². The van der Waals surface area contributed by atoms with E-state index in [0.717, 1.165) is 5.39 Å². The third-order valence-corrected chi connectivity index (χ3v) is 3.87. The summed E-state index contributed by atoms with van der Waals surface area (Å²) in [6, 6.07) is 14.1. The predicted molar refractivity (Wildman–Crippen MR) is 96.4 cm³/mol. The van der Waals surface area contributed by atoms with Crippen molar-refractivity contribution < 1.29 is 14.3 Å².